The third kappa shape index (κ3) is 3.20. The van der Waals surface area contributed by atoms with Gasteiger partial charge in [0.25, 0.3) is 0 Å². The molecule has 2 rings (SSSR count). The van der Waals surface area contributed by atoms with Gasteiger partial charge in [0.2, 0.25) is 0 Å². The maximum absolute atomic E-state index is 9.20. The van der Waals surface area contributed by atoms with Crippen LogP contribution in [0, 0.1) is 5.41 Å². The molecule has 17 heavy (non-hydrogen) atoms. The first-order valence-electron chi connectivity index (χ1n) is 6.23. The fourth-order valence-electron chi connectivity index (χ4n) is 2.05. The Balaban J connectivity index is 1.74. The van der Waals surface area contributed by atoms with Crippen LogP contribution in [0.5, 0.6) is 5.75 Å². The van der Waals surface area contributed by atoms with Crippen molar-refractivity contribution in [3.63, 3.8) is 0 Å². The largest absolute Gasteiger partial charge is 0.496 e. The zero-order valence-corrected chi connectivity index (χ0v) is 10.4. The van der Waals surface area contributed by atoms with Crippen LogP contribution >= 0.6 is 0 Å². The van der Waals surface area contributed by atoms with E-state index in [0.717, 1.165) is 38.1 Å². The van der Waals surface area contributed by atoms with Crippen molar-refractivity contribution in [2.24, 2.45) is 5.41 Å². The van der Waals surface area contributed by atoms with Crippen molar-refractivity contribution in [1.82, 2.24) is 5.32 Å². The molecule has 1 aromatic rings. The van der Waals surface area contributed by atoms with E-state index in [-0.39, 0.29) is 5.41 Å². The van der Waals surface area contributed by atoms with Crippen molar-refractivity contribution in [3.05, 3.63) is 29.8 Å². The van der Waals surface area contributed by atoms with Gasteiger partial charge in [0.1, 0.15) is 5.75 Å². The van der Waals surface area contributed by atoms with Crippen LogP contribution in [0.3, 0.4) is 0 Å². The molecule has 0 unspecified atom stereocenters. The van der Waals surface area contributed by atoms with Gasteiger partial charge in [0.05, 0.1) is 7.11 Å². The zero-order chi connectivity index (χ0) is 12.1. The van der Waals surface area contributed by atoms with Crippen molar-refractivity contribution in [1.29, 1.82) is 0 Å². The molecule has 0 amide bonds. The first-order valence-corrected chi connectivity index (χ1v) is 6.23. The zero-order valence-electron chi connectivity index (χ0n) is 10.4. The van der Waals surface area contributed by atoms with Gasteiger partial charge in [-0.2, -0.15) is 0 Å². The maximum atomic E-state index is 9.20. The normalized spacial score (nSPS) is 16.8. The smallest absolute Gasteiger partial charge is 0.122 e. The number of ether oxygens (including phenoxy) is 1. The Labute approximate surface area is 103 Å². The highest BCUT2D eigenvalue weighted by molar-refractivity contribution is 5.33. The van der Waals surface area contributed by atoms with Crippen LogP contribution in [0.1, 0.15) is 18.4 Å². The maximum Gasteiger partial charge on any atom is 0.122 e. The molecule has 2 N–H and O–H groups in total. The summed E-state index contributed by atoms with van der Waals surface area (Å²) in [7, 11) is 1.71. The molecule has 1 aromatic carbocycles. The molecule has 0 aliphatic heterocycles. The third-order valence-electron chi connectivity index (χ3n) is 3.56. The number of hydrogen-bond acceptors (Lipinski definition) is 3. The quantitative estimate of drug-likeness (QED) is 0.705. The SMILES string of the molecule is COc1ccccc1CCNCC1(CO)CC1. The van der Waals surface area contributed by atoms with E-state index in [1.54, 1.807) is 7.11 Å². The second-order valence-electron chi connectivity index (χ2n) is 4.90. The molecule has 1 fully saturated rings. The summed E-state index contributed by atoms with van der Waals surface area (Å²) in [4.78, 5) is 0. The molecule has 94 valence electrons. The third-order valence-corrected chi connectivity index (χ3v) is 3.56. The van der Waals surface area contributed by atoms with E-state index in [1.807, 2.05) is 18.2 Å². The summed E-state index contributed by atoms with van der Waals surface area (Å²) in [6.07, 6.45) is 3.28. The highest BCUT2D eigenvalue weighted by Crippen LogP contribution is 2.44. The first kappa shape index (κ1) is 12.4. The highest BCUT2D eigenvalue weighted by Gasteiger charge is 2.41. The molecule has 0 atom stereocenters. The second kappa shape index (κ2) is 5.52. The standard InChI is InChI=1S/C14H21NO2/c1-17-13-5-3-2-4-12(13)6-9-15-10-14(11-16)7-8-14/h2-5,15-16H,6-11H2,1H3. The highest BCUT2D eigenvalue weighted by atomic mass is 16.5. The van der Waals surface area contributed by atoms with Crippen molar-refractivity contribution in [3.8, 4) is 5.75 Å². The van der Waals surface area contributed by atoms with Gasteiger partial charge in [-0.25, -0.2) is 0 Å². The molecule has 1 saturated carbocycles. The topological polar surface area (TPSA) is 41.5 Å². The summed E-state index contributed by atoms with van der Waals surface area (Å²) in [5, 5.41) is 12.6. The predicted molar refractivity (Wildman–Crippen MR) is 68.3 cm³/mol. The van der Waals surface area contributed by atoms with E-state index in [1.165, 1.54) is 5.56 Å². The number of benzene rings is 1. The Morgan fingerprint density at radius 1 is 1.35 bits per heavy atom. The Bertz CT molecular complexity index is 361. The Kier molecular flexibility index (Phi) is 4.02. The van der Waals surface area contributed by atoms with Crippen LogP contribution in [0.4, 0.5) is 0 Å². The van der Waals surface area contributed by atoms with E-state index in [0.29, 0.717) is 6.61 Å². The molecule has 0 heterocycles. The van der Waals surface area contributed by atoms with E-state index in [2.05, 4.69) is 11.4 Å². The average molecular weight is 235 g/mol. The van der Waals surface area contributed by atoms with Crippen molar-refractivity contribution < 1.29 is 9.84 Å². The summed E-state index contributed by atoms with van der Waals surface area (Å²) >= 11 is 0. The summed E-state index contributed by atoms with van der Waals surface area (Å²) in [5.41, 5.74) is 1.43. The molecule has 0 spiro atoms. The molecule has 0 saturated heterocycles. The van der Waals surface area contributed by atoms with Crippen LogP contribution in [-0.2, 0) is 6.42 Å². The summed E-state index contributed by atoms with van der Waals surface area (Å²) in [6, 6.07) is 8.11. The molecule has 0 radical (unpaired) electrons. The molecule has 1 aliphatic carbocycles. The number of rotatable bonds is 7. The number of aliphatic hydroxyl groups is 1. The lowest BCUT2D eigenvalue weighted by Gasteiger charge is -2.13. The van der Waals surface area contributed by atoms with E-state index in [9.17, 15) is 5.11 Å². The van der Waals surface area contributed by atoms with Crippen LogP contribution in [0.25, 0.3) is 0 Å². The minimum Gasteiger partial charge on any atom is -0.496 e. The summed E-state index contributed by atoms with van der Waals surface area (Å²) < 4.78 is 5.31. The fraction of sp³-hybridized carbons (Fsp3) is 0.571. The van der Waals surface area contributed by atoms with E-state index >= 15 is 0 Å². The minimum absolute atomic E-state index is 0.195. The van der Waals surface area contributed by atoms with Gasteiger partial charge in [-0.3, -0.25) is 0 Å². The molecular formula is C14H21NO2. The van der Waals surface area contributed by atoms with Gasteiger partial charge < -0.3 is 15.2 Å². The molecule has 3 heteroatoms. The van der Waals surface area contributed by atoms with Crippen LogP contribution in [0.2, 0.25) is 0 Å². The number of para-hydroxylation sites is 1. The first-order chi connectivity index (χ1) is 8.29. The van der Waals surface area contributed by atoms with Gasteiger partial charge in [-0.1, -0.05) is 18.2 Å². The van der Waals surface area contributed by atoms with Gasteiger partial charge >= 0.3 is 0 Å². The molecule has 0 aromatic heterocycles. The van der Waals surface area contributed by atoms with Gasteiger partial charge in [-0.15, -0.1) is 0 Å². The Morgan fingerprint density at radius 2 is 2.12 bits per heavy atom. The number of methoxy groups -OCH3 is 1. The van der Waals surface area contributed by atoms with Gasteiger partial charge in [0.15, 0.2) is 0 Å². The van der Waals surface area contributed by atoms with Gasteiger partial charge in [-0.05, 0) is 37.4 Å². The van der Waals surface area contributed by atoms with E-state index < -0.39 is 0 Å². The number of hydrogen-bond donors (Lipinski definition) is 2. The van der Waals surface area contributed by atoms with Crippen molar-refractivity contribution in [2.75, 3.05) is 26.8 Å². The lowest BCUT2D eigenvalue weighted by molar-refractivity contribution is 0.208. The van der Waals surface area contributed by atoms with Crippen LogP contribution < -0.4 is 10.1 Å². The van der Waals surface area contributed by atoms with Crippen LogP contribution in [-0.4, -0.2) is 31.9 Å². The lowest BCUT2D eigenvalue weighted by Crippen LogP contribution is -2.28. The Morgan fingerprint density at radius 3 is 2.76 bits per heavy atom. The average Bonchev–Trinajstić information content (AvgIpc) is 3.16. The van der Waals surface area contributed by atoms with Gasteiger partial charge in [0, 0.05) is 18.6 Å². The predicted octanol–water partition coefficient (Wildman–Crippen LogP) is 1.60. The second-order valence-corrected chi connectivity index (χ2v) is 4.90. The number of aliphatic hydroxyl groups excluding tert-OH is 1. The molecule has 1 aliphatic rings. The van der Waals surface area contributed by atoms with E-state index in [4.69, 9.17) is 4.74 Å². The fourth-order valence-corrected chi connectivity index (χ4v) is 2.05. The summed E-state index contributed by atoms with van der Waals surface area (Å²) in [5.74, 6) is 0.956. The van der Waals surface area contributed by atoms with Crippen molar-refractivity contribution in [2.45, 2.75) is 19.3 Å². The molecular weight excluding hydrogens is 214 g/mol. The Hall–Kier alpha value is -1.06. The lowest BCUT2D eigenvalue weighted by atomic mass is 10.1. The monoisotopic (exact) mass is 235 g/mol. The number of nitrogens with one attached hydrogen (secondary N) is 1. The summed E-state index contributed by atoms with van der Waals surface area (Å²) in [6.45, 7) is 2.18. The van der Waals surface area contributed by atoms with Crippen LogP contribution in [0.15, 0.2) is 24.3 Å². The molecule has 0 bridgehead atoms. The molecule has 3 nitrogen and oxygen atoms in total. The van der Waals surface area contributed by atoms with Crippen molar-refractivity contribution >= 4 is 0 Å². The minimum atomic E-state index is 0.195.